The van der Waals surface area contributed by atoms with E-state index < -0.39 is 0 Å². The topological polar surface area (TPSA) is 58.9 Å². The number of phenols is 2. The first-order valence-corrected chi connectivity index (χ1v) is 10.2. The fraction of sp³-hybridized carbons (Fsp3) is 0.400. The number of phenolic OH excluding ortho intramolecular Hbond substituents is 2. The second-order valence-electron chi connectivity index (χ2n) is 6.54. The first-order valence-electron chi connectivity index (χ1n) is 9.03. The lowest BCUT2D eigenvalue weighted by Gasteiger charge is -2.27. The fourth-order valence-corrected chi connectivity index (χ4v) is 3.72. The number of aromatic hydroxyl groups is 2. The van der Waals surface area contributed by atoms with Gasteiger partial charge < -0.3 is 19.7 Å². The van der Waals surface area contributed by atoms with Crippen molar-refractivity contribution in [2.75, 3.05) is 0 Å². The van der Waals surface area contributed by atoms with Crippen molar-refractivity contribution in [3.63, 3.8) is 0 Å². The van der Waals surface area contributed by atoms with Crippen LogP contribution in [-0.2, 0) is 12.8 Å². The number of rotatable bonds is 6. The second-order valence-corrected chi connectivity index (χ2v) is 7.70. The Kier molecular flexibility index (Phi) is 6.19. The molecule has 0 saturated carbocycles. The molecule has 7 heteroatoms. The van der Waals surface area contributed by atoms with Gasteiger partial charge in [-0.3, -0.25) is 0 Å². The molecule has 0 fully saturated rings. The molecule has 1 aliphatic rings. The molecule has 0 spiro atoms. The average molecular weight is 432 g/mol. The van der Waals surface area contributed by atoms with Crippen LogP contribution in [0.4, 0.5) is 0 Å². The van der Waals surface area contributed by atoms with Crippen LogP contribution in [0.1, 0.15) is 50.7 Å². The van der Waals surface area contributed by atoms with Gasteiger partial charge in [-0.05, 0) is 25.7 Å². The van der Waals surface area contributed by atoms with Crippen molar-refractivity contribution in [3.05, 3.63) is 32.3 Å². The van der Waals surface area contributed by atoms with Crippen LogP contribution in [0, 0.1) is 0 Å². The standard InChI is InChI=1S/C20H21Cl3O4/c1-3-5-7-10-16(24)17(25)11(8-6-4-2)19-18(10)26-13-9-12(21)14(22)15(23)20(13)27-19/h9,24-25H,3-8H2,1-2H3. The molecule has 2 N–H and O–H groups in total. The number of fused-ring (bicyclic) bond motifs is 2. The first-order chi connectivity index (χ1) is 12.9. The Bertz CT molecular complexity index is 881. The van der Waals surface area contributed by atoms with Crippen LogP contribution in [-0.4, -0.2) is 10.2 Å². The van der Waals surface area contributed by atoms with Crippen molar-refractivity contribution < 1.29 is 19.7 Å². The van der Waals surface area contributed by atoms with E-state index in [9.17, 15) is 10.2 Å². The third-order valence-corrected chi connectivity index (χ3v) is 5.86. The lowest BCUT2D eigenvalue weighted by Crippen LogP contribution is -2.07. The van der Waals surface area contributed by atoms with Gasteiger partial charge in [-0.2, -0.15) is 0 Å². The van der Waals surface area contributed by atoms with Gasteiger partial charge in [0.1, 0.15) is 5.02 Å². The highest BCUT2D eigenvalue weighted by Crippen LogP contribution is 2.58. The summed E-state index contributed by atoms with van der Waals surface area (Å²) in [7, 11) is 0. The molecular formula is C20H21Cl3O4. The summed E-state index contributed by atoms with van der Waals surface area (Å²) in [5.74, 6) is 1.02. The number of benzene rings is 2. The molecule has 1 heterocycles. The molecule has 0 saturated heterocycles. The SMILES string of the molecule is CCCCc1c(O)c(O)c(CCCC)c2c1Oc1cc(Cl)c(Cl)c(Cl)c1O2. The highest BCUT2D eigenvalue weighted by Gasteiger charge is 2.32. The molecule has 0 aliphatic carbocycles. The molecule has 4 nitrogen and oxygen atoms in total. The monoisotopic (exact) mass is 430 g/mol. The van der Waals surface area contributed by atoms with E-state index in [1.165, 1.54) is 6.07 Å². The Morgan fingerprint density at radius 2 is 1.30 bits per heavy atom. The molecule has 0 atom stereocenters. The maximum atomic E-state index is 10.6. The first kappa shape index (κ1) is 20.2. The van der Waals surface area contributed by atoms with Crippen LogP contribution < -0.4 is 9.47 Å². The molecule has 0 aromatic heterocycles. The summed E-state index contributed by atoms with van der Waals surface area (Å²) in [4.78, 5) is 0. The third kappa shape index (κ3) is 3.63. The van der Waals surface area contributed by atoms with Crippen LogP contribution >= 0.6 is 34.8 Å². The van der Waals surface area contributed by atoms with Gasteiger partial charge in [0.05, 0.1) is 10.0 Å². The number of unbranched alkanes of at least 4 members (excludes halogenated alkanes) is 2. The molecule has 0 bridgehead atoms. The minimum Gasteiger partial charge on any atom is -0.504 e. The van der Waals surface area contributed by atoms with Gasteiger partial charge in [0.2, 0.25) is 0 Å². The highest BCUT2D eigenvalue weighted by atomic mass is 35.5. The Balaban J connectivity index is 2.20. The Morgan fingerprint density at radius 1 is 0.778 bits per heavy atom. The summed E-state index contributed by atoms with van der Waals surface area (Å²) >= 11 is 18.5. The van der Waals surface area contributed by atoms with Crippen molar-refractivity contribution in [1.82, 2.24) is 0 Å². The van der Waals surface area contributed by atoms with E-state index >= 15 is 0 Å². The lowest BCUT2D eigenvalue weighted by molar-refractivity contribution is 0.334. The third-order valence-electron chi connectivity index (χ3n) is 4.61. The summed E-state index contributed by atoms with van der Waals surface area (Å²) in [5, 5.41) is 21.8. The minimum absolute atomic E-state index is 0.147. The van der Waals surface area contributed by atoms with Crippen LogP contribution in [0.2, 0.25) is 15.1 Å². The van der Waals surface area contributed by atoms with Gasteiger partial charge in [-0.25, -0.2) is 0 Å². The Morgan fingerprint density at radius 3 is 1.81 bits per heavy atom. The van der Waals surface area contributed by atoms with E-state index in [1.54, 1.807) is 0 Å². The van der Waals surface area contributed by atoms with E-state index in [-0.39, 0.29) is 32.3 Å². The van der Waals surface area contributed by atoms with Gasteiger partial charge in [0.25, 0.3) is 0 Å². The van der Waals surface area contributed by atoms with Gasteiger partial charge in [-0.15, -0.1) is 0 Å². The minimum atomic E-state index is -0.170. The molecule has 2 aromatic carbocycles. The molecule has 2 aromatic rings. The summed E-state index contributed by atoms with van der Waals surface area (Å²) in [6.45, 7) is 4.09. The van der Waals surface area contributed by atoms with Crippen LogP contribution in [0.3, 0.4) is 0 Å². The molecule has 3 rings (SSSR count). The van der Waals surface area contributed by atoms with E-state index in [2.05, 4.69) is 0 Å². The zero-order valence-corrected chi connectivity index (χ0v) is 17.4. The van der Waals surface area contributed by atoms with Crippen LogP contribution in [0.5, 0.6) is 34.5 Å². The molecule has 0 radical (unpaired) electrons. The molecule has 0 unspecified atom stereocenters. The summed E-state index contributed by atoms with van der Waals surface area (Å²) < 4.78 is 12.1. The lowest BCUT2D eigenvalue weighted by atomic mass is 9.97. The number of hydrogen-bond acceptors (Lipinski definition) is 4. The summed E-state index contributed by atoms with van der Waals surface area (Å²) in [6, 6.07) is 1.53. The zero-order chi connectivity index (χ0) is 19.7. The molecule has 146 valence electrons. The second kappa shape index (κ2) is 8.26. The number of hydrogen-bond donors (Lipinski definition) is 2. The Labute approximate surface area is 173 Å². The smallest absolute Gasteiger partial charge is 0.190 e. The number of halogens is 3. The van der Waals surface area contributed by atoms with E-state index in [1.807, 2.05) is 13.8 Å². The van der Waals surface area contributed by atoms with Gasteiger partial charge in [0.15, 0.2) is 34.5 Å². The summed E-state index contributed by atoms with van der Waals surface area (Å²) in [5.41, 5.74) is 1.01. The van der Waals surface area contributed by atoms with Gasteiger partial charge in [0, 0.05) is 17.2 Å². The predicted molar refractivity (Wildman–Crippen MR) is 109 cm³/mol. The van der Waals surface area contributed by atoms with E-state index in [0.29, 0.717) is 41.2 Å². The van der Waals surface area contributed by atoms with E-state index in [4.69, 9.17) is 44.3 Å². The average Bonchev–Trinajstić information content (AvgIpc) is 2.66. The Hall–Kier alpha value is -1.49. The predicted octanol–water partition coefficient (Wildman–Crippen LogP) is 7.64. The van der Waals surface area contributed by atoms with Crippen molar-refractivity contribution in [3.8, 4) is 34.5 Å². The zero-order valence-electron chi connectivity index (χ0n) is 15.2. The van der Waals surface area contributed by atoms with Crippen molar-refractivity contribution in [2.45, 2.75) is 52.4 Å². The molecule has 27 heavy (non-hydrogen) atoms. The van der Waals surface area contributed by atoms with Crippen molar-refractivity contribution >= 4 is 34.8 Å². The van der Waals surface area contributed by atoms with Gasteiger partial charge >= 0.3 is 0 Å². The normalized spacial score (nSPS) is 12.2. The molecule has 0 amide bonds. The number of ether oxygens (including phenoxy) is 2. The van der Waals surface area contributed by atoms with Crippen LogP contribution in [0.15, 0.2) is 6.07 Å². The highest BCUT2D eigenvalue weighted by molar-refractivity contribution is 6.48. The van der Waals surface area contributed by atoms with E-state index in [0.717, 1.165) is 25.7 Å². The largest absolute Gasteiger partial charge is 0.504 e. The maximum Gasteiger partial charge on any atom is 0.190 e. The van der Waals surface area contributed by atoms with Crippen molar-refractivity contribution in [2.24, 2.45) is 0 Å². The summed E-state index contributed by atoms with van der Waals surface area (Å²) in [6.07, 6.45) is 4.57. The maximum absolute atomic E-state index is 10.6. The molecular weight excluding hydrogens is 411 g/mol. The fourth-order valence-electron chi connectivity index (χ4n) is 3.10. The van der Waals surface area contributed by atoms with Crippen molar-refractivity contribution in [1.29, 1.82) is 0 Å². The molecule has 1 aliphatic heterocycles. The van der Waals surface area contributed by atoms with Crippen LogP contribution in [0.25, 0.3) is 0 Å². The van der Waals surface area contributed by atoms with Gasteiger partial charge in [-0.1, -0.05) is 61.5 Å². The quantitative estimate of drug-likeness (QED) is 0.311.